The molecule has 1 aliphatic carbocycles. The standard InChI is InChI=1S/C15H12BrNO3S/c16-9-4-5-11(10(7-9)15(19)20)17-14(18)13-6-8-2-1-3-12(8)21-13/h4-7H,1-3H2,(H,17,18)(H,19,20). The summed E-state index contributed by atoms with van der Waals surface area (Å²) < 4.78 is 0.660. The third kappa shape index (κ3) is 2.87. The van der Waals surface area contributed by atoms with Gasteiger partial charge in [0.2, 0.25) is 0 Å². The molecule has 0 saturated heterocycles. The van der Waals surface area contributed by atoms with Gasteiger partial charge in [-0.05, 0) is 49.1 Å². The van der Waals surface area contributed by atoms with Gasteiger partial charge in [-0.15, -0.1) is 11.3 Å². The maximum absolute atomic E-state index is 12.3. The third-order valence-electron chi connectivity index (χ3n) is 3.43. The lowest BCUT2D eigenvalue weighted by atomic mass is 10.1. The predicted molar refractivity (Wildman–Crippen MR) is 85.4 cm³/mol. The van der Waals surface area contributed by atoms with Crippen molar-refractivity contribution >= 4 is 44.8 Å². The van der Waals surface area contributed by atoms with E-state index in [2.05, 4.69) is 21.2 Å². The highest BCUT2D eigenvalue weighted by atomic mass is 79.9. The number of carboxylic acids is 1. The van der Waals surface area contributed by atoms with Crippen molar-refractivity contribution in [3.05, 3.63) is 49.6 Å². The Bertz CT molecular complexity index is 717. The summed E-state index contributed by atoms with van der Waals surface area (Å²) in [5, 5.41) is 11.9. The van der Waals surface area contributed by atoms with E-state index in [1.807, 2.05) is 6.07 Å². The van der Waals surface area contributed by atoms with Gasteiger partial charge in [0.1, 0.15) is 0 Å². The van der Waals surface area contributed by atoms with E-state index in [1.165, 1.54) is 27.8 Å². The number of carbonyl (C=O) groups is 2. The second-order valence-electron chi connectivity index (χ2n) is 4.86. The number of benzene rings is 1. The van der Waals surface area contributed by atoms with Gasteiger partial charge in [0.05, 0.1) is 16.1 Å². The van der Waals surface area contributed by atoms with Gasteiger partial charge in [0.25, 0.3) is 5.91 Å². The van der Waals surface area contributed by atoms with Crippen molar-refractivity contribution in [1.82, 2.24) is 0 Å². The molecule has 1 aromatic heterocycles. The lowest BCUT2D eigenvalue weighted by molar-refractivity contribution is 0.0698. The third-order valence-corrected chi connectivity index (χ3v) is 5.16. The molecule has 21 heavy (non-hydrogen) atoms. The second-order valence-corrected chi connectivity index (χ2v) is 6.91. The highest BCUT2D eigenvalue weighted by Gasteiger charge is 2.20. The Labute approximate surface area is 133 Å². The van der Waals surface area contributed by atoms with Crippen LogP contribution in [0.3, 0.4) is 0 Å². The molecule has 108 valence electrons. The Hall–Kier alpha value is -1.66. The highest BCUT2D eigenvalue weighted by Crippen LogP contribution is 2.31. The molecule has 2 aromatic rings. The van der Waals surface area contributed by atoms with Crippen molar-refractivity contribution in [3.63, 3.8) is 0 Å². The van der Waals surface area contributed by atoms with E-state index >= 15 is 0 Å². The van der Waals surface area contributed by atoms with Crippen molar-refractivity contribution in [1.29, 1.82) is 0 Å². The maximum atomic E-state index is 12.3. The number of fused-ring (bicyclic) bond motifs is 1. The van der Waals surface area contributed by atoms with Crippen LogP contribution in [0.5, 0.6) is 0 Å². The molecule has 0 bridgehead atoms. The number of amides is 1. The molecule has 0 radical (unpaired) electrons. The number of aromatic carboxylic acids is 1. The quantitative estimate of drug-likeness (QED) is 0.865. The SMILES string of the molecule is O=C(Nc1ccc(Br)cc1C(=O)O)c1cc2c(s1)CCC2. The minimum atomic E-state index is -1.07. The largest absolute Gasteiger partial charge is 0.478 e. The van der Waals surface area contributed by atoms with E-state index in [0.717, 1.165) is 19.3 Å². The van der Waals surface area contributed by atoms with Crippen LogP contribution in [0.2, 0.25) is 0 Å². The minimum absolute atomic E-state index is 0.0711. The first-order valence-electron chi connectivity index (χ1n) is 6.50. The molecule has 1 amide bonds. The normalized spacial score (nSPS) is 13.0. The Kier molecular flexibility index (Phi) is 3.82. The van der Waals surface area contributed by atoms with Crippen LogP contribution in [0.15, 0.2) is 28.7 Å². The van der Waals surface area contributed by atoms with Crippen LogP contribution in [0, 0.1) is 0 Å². The molecule has 6 heteroatoms. The first-order chi connectivity index (χ1) is 10.0. The van der Waals surface area contributed by atoms with Gasteiger partial charge in [-0.1, -0.05) is 15.9 Å². The van der Waals surface area contributed by atoms with Gasteiger partial charge in [-0.25, -0.2) is 4.79 Å². The number of carboxylic acid groups (broad SMARTS) is 1. The molecule has 2 N–H and O–H groups in total. The summed E-state index contributed by atoms with van der Waals surface area (Å²) in [6.07, 6.45) is 3.21. The molecule has 0 unspecified atom stereocenters. The number of hydrogen-bond donors (Lipinski definition) is 2. The lowest BCUT2D eigenvalue weighted by Crippen LogP contribution is -2.13. The zero-order valence-electron chi connectivity index (χ0n) is 11.0. The van der Waals surface area contributed by atoms with Crippen molar-refractivity contribution in [2.75, 3.05) is 5.32 Å². The molecule has 0 fully saturated rings. The Balaban J connectivity index is 1.86. The first-order valence-corrected chi connectivity index (χ1v) is 8.11. The lowest BCUT2D eigenvalue weighted by Gasteiger charge is -2.08. The van der Waals surface area contributed by atoms with Crippen LogP contribution in [-0.2, 0) is 12.8 Å². The van der Waals surface area contributed by atoms with Gasteiger partial charge in [-0.3, -0.25) is 4.79 Å². The second kappa shape index (κ2) is 5.61. The number of hydrogen-bond acceptors (Lipinski definition) is 3. The fraction of sp³-hybridized carbons (Fsp3) is 0.200. The zero-order chi connectivity index (χ0) is 15.0. The number of aryl methyl sites for hydroxylation is 2. The summed E-state index contributed by atoms with van der Waals surface area (Å²) >= 11 is 4.73. The van der Waals surface area contributed by atoms with Gasteiger partial charge in [0, 0.05) is 9.35 Å². The average Bonchev–Trinajstić information content (AvgIpc) is 3.01. The zero-order valence-corrected chi connectivity index (χ0v) is 13.4. The van der Waals surface area contributed by atoms with Crippen LogP contribution >= 0.6 is 27.3 Å². The first kappa shape index (κ1) is 14.3. The van der Waals surface area contributed by atoms with E-state index in [1.54, 1.807) is 12.1 Å². The number of thiophene rings is 1. The molecule has 0 saturated carbocycles. The number of carbonyl (C=O) groups excluding carboxylic acids is 1. The number of rotatable bonds is 3. The monoisotopic (exact) mass is 365 g/mol. The summed E-state index contributed by atoms with van der Waals surface area (Å²) in [6.45, 7) is 0. The maximum Gasteiger partial charge on any atom is 0.337 e. The molecular weight excluding hydrogens is 354 g/mol. The topological polar surface area (TPSA) is 66.4 Å². The molecule has 3 rings (SSSR count). The van der Waals surface area contributed by atoms with E-state index in [-0.39, 0.29) is 11.5 Å². The van der Waals surface area contributed by atoms with E-state index < -0.39 is 5.97 Å². The molecular formula is C15H12BrNO3S. The molecule has 1 aliphatic rings. The smallest absolute Gasteiger partial charge is 0.337 e. The molecule has 1 heterocycles. The number of halogens is 1. The summed E-state index contributed by atoms with van der Waals surface area (Å²) in [5.41, 5.74) is 1.63. The molecule has 1 aromatic carbocycles. The van der Waals surface area contributed by atoms with Crippen LogP contribution in [0.25, 0.3) is 0 Å². The summed E-state index contributed by atoms with van der Waals surface area (Å²) in [7, 11) is 0. The molecule has 4 nitrogen and oxygen atoms in total. The molecule has 0 aliphatic heterocycles. The van der Waals surface area contributed by atoms with Crippen LogP contribution in [0.4, 0.5) is 5.69 Å². The van der Waals surface area contributed by atoms with Crippen LogP contribution in [0.1, 0.15) is 36.9 Å². The fourth-order valence-electron chi connectivity index (χ4n) is 2.43. The van der Waals surface area contributed by atoms with E-state index in [0.29, 0.717) is 15.0 Å². The Morgan fingerprint density at radius 1 is 1.24 bits per heavy atom. The molecule has 0 spiro atoms. The summed E-state index contributed by atoms with van der Waals surface area (Å²) in [6, 6.07) is 6.69. The van der Waals surface area contributed by atoms with Gasteiger partial charge in [0.15, 0.2) is 0 Å². The minimum Gasteiger partial charge on any atom is -0.478 e. The van der Waals surface area contributed by atoms with Crippen molar-refractivity contribution in [2.45, 2.75) is 19.3 Å². The van der Waals surface area contributed by atoms with Gasteiger partial charge >= 0.3 is 5.97 Å². The Morgan fingerprint density at radius 3 is 2.76 bits per heavy atom. The molecule has 0 atom stereocenters. The van der Waals surface area contributed by atoms with Crippen LogP contribution in [-0.4, -0.2) is 17.0 Å². The summed E-state index contributed by atoms with van der Waals surface area (Å²) in [4.78, 5) is 25.4. The van der Waals surface area contributed by atoms with Gasteiger partial charge < -0.3 is 10.4 Å². The van der Waals surface area contributed by atoms with Crippen LogP contribution < -0.4 is 5.32 Å². The van der Waals surface area contributed by atoms with E-state index in [4.69, 9.17) is 0 Å². The fourth-order valence-corrected chi connectivity index (χ4v) is 3.94. The van der Waals surface area contributed by atoms with E-state index in [9.17, 15) is 14.7 Å². The Morgan fingerprint density at radius 2 is 2.05 bits per heavy atom. The number of anilines is 1. The van der Waals surface area contributed by atoms with Crippen molar-refractivity contribution in [3.8, 4) is 0 Å². The summed E-state index contributed by atoms with van der Waals surface area (Å²) in [5.74, 6) is -1.32. The van der Waals surface area contributed by atoms with Crippen molar-refractivity contribution < 1.29 is 14.7 Å². The van der Waals surface area contributed by atoms with Gasteiger partial charge in [-0.2, -0.15) is 0 Å². The van der Waals surface area contributed by atoms with Crippen molar-refractivity contribution in [2.24, 2.45) is 0 Å². The number of nitrogens with one attached hydrogen (secondary N) is 1. The predicted octanol–water partition coefficient (Wildman–Crippen LogP) is 3.95. The highest BCUT2D eigenvalue weighted by molar-refractivity contribution is 9.10. The average molecular weight is 366 g/mol.